The maximum atomic E-state index is 12.5. The average Bonchev–Trinajstić information content (AvgIpc) is 1.57. The Balaban J connectivity index is 0.000000111. The summed E-state index contributed by atoms with van der Waals surface area (Å²) in [5, 5.41) is 6.95. The number of likely N-dealkylation sites (tertiary alicyclic amines) is 1. The molecule has 5 saturated carbocycles. The van der Waals surface area contributed by atoms with Gasteiger partial charge < -0.3 is 29.4 Å². The van der Waals surface area contributed by atoms with E-state index in [1.54, 1.807) is 24.3 Å². The zero-order chi connectivity index (χ0) is 64.5. The number of hydrogen-bond donors (Lipinski definition) is 2. The molecule has 4 heterocycles. The number of benzene rings is 2. The van der Waals surface area contributed by atoms with Crippen molar-refractivity contribution >= 4 is 70.4 Å². The van der Waals surface area contributed by atoms with Gasteiger partial charge in [-0.2, -0.15) is 0 Å². The first-order valence-corrected chi connectivity index (χ1v) is 32.6. The molecule has 10 aliphatic carbocycles. The second kappa shape index (κ2) is 26.8. The Hall–Kier alpha value is -8.81. The van der Waals surface area contributed by atoms with Gasteiger partial charge in [0.1, 0.15) is 16.9 Å². The molecular weight excluding hydrogens is 1170 g/mol. The van der Waals surface area contributed by atoms with E-state index < -0.39 is 35.1 Å². The third-order valence-electron chi connectivity index (χ3n) is 20.4. The number of nitrogens with one attached hydrogen (secondary N) is 2. The van der Waals surface area contributed by atoms with Crippen LogP contribution in [-0.2, 0) is 59.3 Å². The molecule has 2 aromatic carbocycles. The van der Waals surface area contributed by atoms with Crippen molar-refractivity contribution in [2.75, 3.05) is 19.6 Å². The van der Waals surface area contributed by atoms with E-state index in [4.69, 9.17) is 18.7 Å². The molecule has 16 rings (SSSR count). The summed E-state index contributed by atoms with van der Waals surface area (Å²) in [6.07, 6.45) is 33.3. The fourth-order valence-corrected chi connectivity index (χ4v) is 15.9. The van der Waals surface area contributed by atoms with Gasteiger partial charge in [0.25, 0.3) is 23.6 Å². The van der Waals surface area contributed by atoms with E-state index in [0.29, 0.717) is 102 Å². The molecule has 2 saturated heterocycles. The number of allylic oxidation sites excluding steroid dienone is 10. The number of hydroxylamine groups is 2. The largest absolute Gasteiger partial charge is 0.444 e. The Kier molecular flexibility index (Phi) is 18.5. The van der Waals surface area contributed by atoms with Crippen molar-refractivity contribution < 1.29 is 66.7 Å². The second-order valence-corrected chi connectivity index (χ2v) is 27.7. The van der Waals surface area contributed by atoms with E-state index in [9.17, 15) is 52.7 Å². The highest BCUT2D eigenvalue weighted by Crippen LogP contribution is 2.53. The zero-order valence-electron chi connectivity index (χ0n) is 52.0. The van der Waals surface area contributed by atoms with Gasteiger partial charge in [-0.1, -0.05) is 91.1 Å². The number of nitrogens with zero attached hydrogens (tertiary/aromatic N) is 3. The molecule has 1 aromatic heterocycles. The van der Waals surface area contributed by atoms with Crippen LogP contribution >= 0.6 is 0 Å². The monoisotopic (exact) mass is 1250 g/mol. The number of amides is 8. The number of ether oxygens (including phenoxy) is 2. The van der Waals surface area contributed by atoms with E-state index in [0.717, 1.165) is 62.3 Å². The van der Waals surface area contributed by atoms with Gasteiger partial charge in [0.15, 0.2) is 0 Å². The lowest BCUT2D eigenvalue weighted by Crippen LogP contribution is -2.40. The van der Waals surface area contributed by atoms with Gasteiger partial charge >= 0.3 is 23.7 Å². The molecular formula is C72H79N5O15. The van der Waals surface area contributed by atoms with Gasteiger partial charge in [-0.05, 0) is 167 Å². The number of carbonyl (C=O) groups excluding carboxylic acids is 10. The van der Waals surface area contributed by atoms with Crippen LogP contribution in [0.1, 0.15) is 97.0 Å². The fourth-order valence-electron chi connectivity index (χ4n) is 15.9. The van der Waals surface area contributed by atoms with E-state index >= 15 is 0 Å². The molecule has 92 heavy (non-hydrogen) atoms. The van der Waals surface area contributed by atoms with E-state index in [-0.39, 0.29) is 83.9 Å². The molecule has 10 bridgehead atoms. The molecule has 0 radical (unpaired) electrons. The SMILES string of the molecule is CC(C)(C)OC(=O)NCCNC(=O)[C@H]1CC2C=CC1C2.O=C(ON1C(=O)CCC1=O)C1CC2C=CC1C2.O=C(Oc1ccc2ccc(=O)oc2c1)[C@H]1CC2C=CC1C2.O=C1C2C3C=CC(C3)C2C(=O)N1Cc1ccccc1.O=C1C=CC(=O)N1C[C@H]1CC2C=CC1C2. The molecule has 20 heteroatoms. The topological polar surface area (TPSA) is 262 Å². The highest BCUT2D eigenvalue weighted by Gasteiger charge is 2.59. The van der Waals surface area contributed by atoms with Gasteiger partial charge in [-0.3, -0.25) is 48.2 Å². The Morgan fingerprint density at radius 1 is 0.543 bits per heavy atom. The molecule has 13 aliphatic rings. The van der Waals surface area contributed by atoms with Crippen LogP contribution in [0, 0.1) is 94.7 Å². The summed E-state index contributed by atoms with van der Waals surface area (Å²) in [4.78, 5) is 137. The minimum Gasteiger partial charge on any atom is -0.444 e. The first kappa shape index (κ1) is 63.3. The first-order valence-electron chi connectivity index (χ1n) is 32.6. The number of fused-ring (bicyclic) bond motifs is 14. The molecule has 13 unspecified atom stereocenters. The van der Waals surface area contributed by atoms with Crippen molar-refractivity contribution in [2.24, 2.45) is 94.7 Å². The van der Waals surface area contributed by atoms with E-state index in [1.807, 2.05) is 57.2 Å². The minimum absolute atomic E-state index is 0.0377. The highest BCUT2D eigenvalue weighted by atomic mass is 16.7. The Bertz CT molecular complexity index is 3620. The summed E-state index contributed by atoms with van der Waals surface area (Å²) in [6.45, 7) is 7.30. The van der Waals surface area contributed by atoms with Crippen LogP contribution in [-0.4, -0.2) is 99.5 Å². The number of alkyl carbamates (subject to hydrolysis) is 1. The summed E-state index contributed by atoms with van der Waals surface area (Å²) in [7, 11) is 0. The molecule has 8 amide bonds. The van der Waals surface area contributed by atoms with Crippen LogP contribution in [0.4, 0.5) is 4.79 Å². The average molecular weight is 1250 g/mol. The standard InChI is InChI=1S/C17H14O4.C16H15NO2.C15H24N2O3.C12H13NO4.C12H13NO2/c18-16-6-4-11-3-5-13(9-15(11)21-16)20-17(19)14-8-10-1-2-12(14)7-10;18-15-13-11-6-7-12(8-11)14(13)16(19)17(15)9-10-4-2-1-3-5-10;1-15(2,3)20-14(19)17-7-6-16-13(18)12-9-10-4-5-11(12)8-10;14-10-3-4-11(15)13(10)17-12(16)9-6-7-1-2-8(9)5-7;14-11-3-4-12(15)13(11)7-10-6-8-1-2-9(10)5-8/h1-6,9-10,12,14H,7-8H2;1-7,11-14H,8-9H2;4-5,10-12H,6-9H2,1-3H3,(H,16,18)(H,17,19);1-2,7-9H,3-6H2;1-4,8-10H,5-7H2/t10?,12?,14-;;10?,11?,12-;;8?,9?,10-/m0.0.1/s1. The van der Waals surface area contributed by atoms with Crippen LogP contribution in [0.5, 0.6) is 5.75 Å². The zero-order valence-corrected chi connectivity index (χ0v) is 52.0. The number of hydrogen-bond acceptors (Lipinski definition) is 15. The summed E-state index contributed by atoms with van der Waals surface area (Å²) in [6, 6.07) is 17.9. The van der Waals surface area contributed by atoms with Crippen LogP contribution in [0.25, 0.3) is 11.0 Å². The van der Waals surface area contributed by atoms with Gasteiger partial charge in [0.2, 0.25) is 17.7 Å². The van der Waals surface area contributed by atoms with Crippen molar-refractivity contribution in [1.82, 2.24) is 25.5 Å². The fraction of sp³-hybridized carbons (Fsp3) is 0.486. The van der Waals surface area contributed by atoms with Gasteiger partial charge in [0, 0.05) is 68.1 Å². The lowest BCUT2D eigenvalue weighted by Gasteiger charge is -2.23. The van der Waals surface area contributed by atoms with Crippen molar-refractivity contribution in [3.63, 3.8) is 0 Å². The third-order valence-corrected chi connectivity index (χ3v) is 20.4. The maximum Gasteiger partial charge on any atom is 0.407 e. The molecule has 16 atom stereocenters. The van der Waals surface area contributed by atoms with Gasteiger partial charge in [0.05, 0.1) is 30.2 Å². The third kappa shape index (κ3) is 14.1. The predicted octanol–water partition coefficient (Wildman–Crippen LogP) is 8.67. The first-order chi connectivity index (χ1) is 44.2. The van der Waals surface area contributed by atoms with Crippen LogP contribution in [0.2, 0.25) is 0 Å². The van der Waals surface area contributed by atoms with Crippen molar-refractivity contribution in [2.45, 2.75) is 104 Å². The van der Waals surface area contributed by atoms with Crippen molar-refractivity contribution in [3.05, 3.63) is 150 Å². The van der Waals surface area contributed by atoms with E-state index in [1.165, 1.54) is 34.4 Å². The maximum absolute atomic E-state index is 12.5. The van der Waals surface area contributed by atoms with Crippen LogP contribution in [0.15, 0.2) is 143 Å². The Morgan fingerprint density at radius 3 is 1.60 bits per heavy atom. The van der Waals surface area contributed by atoms with Crippen LogP contribution < -0.4 is 21.0 Å². The smallest absolute Gasteiger partial charge is 0.407 e. The number of carbonyl (C=O) groups is 10. The highest BCUT2D eigenvalue weighted by molar-refractivity contribution is 6.13. The molecule has 20 nitrogen and oxygen atoms in total. The van der Waals surface area contributed by atoms with Crippen molar-refractivity contribution in [1.29, 1.82) is 0 Å². The molecule has 3 aromatic rings. The Labute approximate surface area is 533 Å². The predicted molar refractivity (Wildman–Crippen MR) is 333 cm³/mol. The Morgan fingerprint density at radius 2 is 1.07 bits per heavy atom. The van der Waals surface area contributed by atoms with E-state index in [2.05, 4.69) is 65.3 Å². The molecule has 0 spiro atoms. The molecule has 7 fully saturated rings. The van der Waals surface area contributed by atoms with Gasteiger partial charge in [-0.25, -0.2) is 14.4 Å². The second-order valence-electron chi connectivity index (χ2n) is 27.7. The summed E-state index contributed by atoms with van der Waals surface area (Å²) in [5.41, 5.74) is 0.539. The molecule has 482 valence electrons. The van der Waals surface area contributed by atoms with Gasteiger partial charge in [-0.15, -0.1) is 5.06 Å². The molecule has 3 aliphatic heterocycles. The normalized spacial score (nSPS) is 31.8. The number of rotatable bonds is 12. The van der Waals surface area contributed by atoms with Crippen molar-refractivity contribution in [3.8, 4) is 5.75 Å². The summed E-state index contributed by atoms with van der Waals surface area (Å²) < 4.78 is 15.7. The minimum atomic E-state index is -0.497. The lowest BCUT2D eigenvalue weighted by atomic mass is 9.85. The molecule has 2 N–H and O–H groups in total. The number of esters is 1. The number of imide groups is 3. The summed E-state index contributed by atoms with van der Waals surface area (Å²) >= 11 is 0. The van der Waals surface area contributed by atoms with Crippen LogP contribution in [0.3, 0.4) is 0 Å². The lowest BCUT2D eigenvalue weighted by molar-refractivity contribution is -0.201. The summed E-state index contributed by atoms with van der Waals surface area (Å²) in [5.74, 6) is 3.50. The quantitative estimate of drug-likeness (QED) is 0.0429.